The molecule has 1 atom stereocenters. The van der Waals surface area contributed by atoms with Gasteiger partial charge in [0.1, 0.15) is 5.01 Å². The van der Waals surface area contributed by atoms with Gasteiger partial charge in [-0.1, -0.05) is 37.3 Å². The third-order valence-electron chi connectivity index (χ3n) is 4.74. The highest BCUT2D eigenvalue weighted by Crippen LogP contribution is 2.27. The fourth-order valence-electron chi connectivity index (χ4n) is 3.18. The van der Waals surface area contributed by atoms with Gasteiger partial charge in [-0.25, -0.2) is 4.98 Å². The van der Waals surface area contributed by atoms with E-state index in [1.54, 1.807) is 18.4 Å². The van der Waals surface area contributed by atoms with Gasteiger partial charge in [0, 0.05) is 43.0 Å². The maximum absolute atomic E-state index is 11.8. The Morgan fingerprint density at radius 2 is 2.11 bits per heavy atom. The van der Waals surface area contributed by atoms with E-state index >= 15 is 0 Å². The summed E-state index contributed by atoms with van der Waals surface area (Å²) < 4.78 is 0. The number of likely N-dealkylation sites (tertiary alicyclic amines) is 1. The molecule has 1 aliphatic rings. The second-order valence-electron chi connectivity index (χ2n) is 6.64. The first-order valence-electron chi connectivity index (χ1n) is 9.37. The highest BCUT2D eigenvalue weighted by molar-refractivity contribution is 14.0. The molecule has 6 nitrogen and oxygen atoms in total. The van der Waals surface area contributed by atoms with Crippen molar-refractivity contribution in [3.05, 3.63) is 40.9 Å². The van der Waals surface area contributed by atoms with Crippen LogP contribution in [0.25, 0.3) is 10.6 Å². The van der Waals surface area contributed by atoms with E-state index in [1.165, 1.54) is 4.88 Å². The molecule has 1 aromatic heterocycles. The highest BCUT2D eigenvalue weighted by Gasteiger charge is 2.25. The second-order valence-corrected chi connectivity index (χ2v) is 7.73. The fraction of sp³-hybridized carbons (Fsp3) is 0.450. The van der Waals surface area contributed by atoms with Crippen molar-refractivity contribution in [2.75, 3.05) is 20.1 Å². The summed E-state index contributed by atoms with van der Waals surface area (Å²) in [5, 5.41) is 7.85. The van der Waals surface area contributed by atoms with Crippen LogP contribution in [0.5, 0.6) is 0 Å². The summed E-state index contributed by atoms with van der Waals surface area (Å²) >= 11 is 1.71. The van der Waals surface area contributed by atoms with Crippen molar-refractivity contribution >= 4 is 47.2 Å². The lowest BCUT2D eigenvalue weighted by molar-refractivity contribution is -0.129. The Bertz CT molecular complexity index is 808. The van der Waals surface area contributed by atoms with Crippen molar-refractivity contribution in [2.24, 2.45) is 4.99 Å². The van der Waals surface area contributed by atoms with Crippen LogP contribution in [0.2, 0.25) is 0 Å². The predicted octanol–water partition coefficient (Wildman–Crippen LogP) is 3.41. The first-order valence-corrected chi connectivity index (χ1v) is 10.2. The molecule has 0 saturated carbocycles. The molecule has 28 heavy (non-hydrogen) atoms. The SMILES string of the molecule is CCC(=O)N1CCC(NC(=NC)NCc2sc(-c3ccccc3)nc2C)C1.I. The van der Waals surface area contributed by atoms with Crippen molar-refractivity contribution in [3.63, 3.8) is 0 Å². The molecule has 0 aliphatic carbocycles. The molecular weight excluding hydrogens is 485 g/mol. The van der Waals surface area contributed by atoms with Gasteiger partial charge in [-0.15, -0.1) is 35.3 Å². The molecule has 0 spiro atoms. The number of amides is 1. The summed E-state index contributed by atoms with van der Waals surface area (Å²) in [4.78, 5) is 24.0. The van der Waals surface area contributed by atoms with Crippen LogP contribution >= 0.6 is 35.3 Å². The molecule has 1 unspecified atom stereocenters. The number of aliphatic imine (C=N–C) groups is 1. The number of benzene rings is 1. The summed E-state index contributed by atoms with van der Waals surface area (Å²) in [6.45, 7) is 6.19. The fourth-order valence-corrected chi connectivity index (χ4v) is 4.18. The Hall–Kier alpha value is -1.68. The Balaban J connectivity index is 0.00000280. The molecule has 2 N–H and O–H groups in total. The number of aryl methyl sites for hydroxylation is 1. The lowest BCUT2D eigenvalue weighted by Gasteiger charge is -2.18. The quantitative estimate of drug-likeness (QED) is 0.366. The van der Waals surface area contributed by atoms with Gasteiger partial charge in [-0.05, 0) is 13.3 Å². The van der Waals surface area contributed by atoms with Crippen molar-refractivity contribution in [1.29, 1.82) is 0 Å². The van der Waals surface area contributed by atoms with E-state index in [1.807, 2.05) is 36.9 Å². The highest BCUT2D eigenvalue weighted by atomic mass is 127. The molecule has 1 amide bonds. The molecule has 1 aromatic carbocycles. The Labute approximate surface area is 187 Å². The first kappa shape index (κ1) is 22.6. The zero-order valence-corrected chi connectivity index (χ0v) is 19.7. The maximum atomic E-state index is 11.8. The zero-order valence-electron chi connectivity index (χ0n) is 16.6. The molecular formula is C20H28IN5OS. The number of guanidine groups is 1. The number of carbonyl (C=O) groups is 1. The van der Waals surface area contributed by atoms with Crippen LogP contribution in [-0.4, -0.2) is 47.9 Å². The number of hydrogen-bond donors (Lipinski definition) is 2. The summed E-state index contributed by atoms with van der Waals surface area (Å²) in [7, 11) is 1.77. The van der Waals surface area contributed by atoms with Crippen molar-refractivity contribution < 1.29 is 4.79 Å². The van der Waals surface area contributed by atoms with E-state index in [0.717, 1.165) is 41.7 Å². The van der Waals surface area contributed by atoms with Crippen LogP contribution in [0.15, 0.2) is 35.3 Å². The van der Waals surface area contributed by atoms with E-state index in [2.05, 4.69) is 27.8 Å². The molecule has 0 bridgehead atoms. The summed E-state index contributed by atoms with van der Waals surface area (Å²) in [6.07, 6.45) is 1.51. The van der Waals surface area contributed by atoms with Gasteiger partial charge in [0.2, 0.25) is 5.91 Å². The smallest absolute Gasteiger partial charge is 0.222 e. The molecule has 2 aromatic rings. The van der Waals surface area contributed by atoms with Crippen LogP contribution < -0.4 is 10.6 Å². The van der Waals surface area contributed by atoms with Crippen molar-refractivity contribution in [3.8, 4) is 10.6 Å². The van der Waals surface area contributed by atoms with Crippen LogP contribution in [-0.2, 0) is 11.3 Å². The zero-order chi connectivity index (χ0) is 19.2. The normalized spacial score (nSPS) is 16.6. The maximum Gasteiger partial charge on any atom is 0.222 e. The number of rotatable bonds is 5. The van der Waals surface area contributed by atoms with E-state index in [-0.39, 0.29) is 35.9 Å². The average molecular weight is 513 g/mol. The third-order valence-corrected chi connectivity index (χ3v) is 5.94. The predicted molar refractivity (Wildman–Crippen MR) is 126 cm³/mol. The Morgan fingerprint density at radius 1 is 1.36 bits per heavy atom. The van der Waals surface area contributed by atoms with E-state index in [0.29, 0.717) is 13.0 Å². The molecule has 2 heterocycles. The van der Waals surface area contributed by atoms with E-state index < -0.39 is 0 Å². The molecule has 1 saturated heterocycles. The standard InChI is InChI=1S/C20H27N5OS.HI/c1-4-18(26)25-11-10-16(13-25)24-20(21-3)22-12-17-14(2)23-19(27-17)15-8-6-5-7-9-15;/h5-9,16H,4,10-13H2,1-3H3,(H2,21,22,24);1H. The number of carbonyl (C=O) groups excluding carboxylic acids is 1. The third kappa shape index (κ3) is 5.66. The van der Waals surface area contributed by atoms with Crippen LogP contribution in [0.1, 0.15) is 30.3 Å². The number of aromatic nitrogens is 1. The van der Waals surface area contributed by atoms with Gasteiger partial charge in [-0.3, -0.25) is 9.79 Å². The minimum atomic E-state index is 0. The number of nitrogens with one attached hydrogen (secondary N) is 2. The average Bonchev–Trinajstić information content (AvgIpc) is 3.32. The van der Waals surface area contributed by atoms with Gasteiger partial charge in [0.05, 0.1) is 12.2 Å². The first-order chi connectivity index (χ1) is 13.1. The lowest BCUT2D eigenvalue weighted by atomic mass is 10.2. The molecule has 0 radical (unpaired) electrons. The minimum Gasteiger partial charge on any atom is -0.352 e. The summed E-state index contributed by atoms with van der Waals surface area (Å²) in [6, 6.07) is 10.5. The van der Waals surface area contributed by atoms with Crippen LogP contribution in [0.3, 0.4) is 0 Å². The van der Waals surface area contributed by atoms with Crippen molar-refractivity contribution in [2.45, 2.75) is 39.3 Å². The molecule has 1 aliphatic heterocycles. The number of nitrogens with zero attached hydrogens (tertiary/aromatic N) is 3. The van der Waals surface area contributed by atoms with Gasteiger partial charge in [-0.2, -0.15) is 0 Å². The second kappa shape index (κ2) is 10.8. The van der Waals surface area contributed by atoms with Gasteiger partial charge >= 0.3 is 0 Å². The number of thiazole rings is 1. The van der Waals surface area contributed by atoms with Gasteiger partial charge in [0.25, 0.3) is 0 Å². The Kier molecular flexibility index (Phi) is 8.68. The molecule has 8 heteroatoms. The minimum absolute atomic E-state index is 0. The Morgan fingerprint density at radius 3 is 2.79 bits per heavy atom. The number of halogens is 1. The summed E-state index contributed by atoms with van der Waals surface area (Å²) in [5.74, 6) is 0.982. The van der Waals surface area contributed by atoms with Gasteiger partial charge < -0.3 is 15.5 Å². The summed E-state index contributed by atoms with van der Waals surface area (Å²) in [5.41, 5.74) is 2.19. The largest absolute Gasteiger partial charge is 0.352 e. The lowest BCUT2D eigenvalue weighted by Crippen LogP contribution is -2.44. The van der Waals surface area contributed by atoms with E-state index in [4.69, 9.17) is 4.98 Å². The van der Waals surface area contributed by atoms with Gasteiger partial charge in [0.15, 0.2) is 5.96 Å². The van der Waals surface area contributed by atoms with Crippen molar-refractivity contribution in [1.82, 2.24) is 20.5 Å². The van der Waals surface area contributed by atoms with E-state index in [9.17, 15) is 4.79 Å². The van der Waals surface area contributed by atoms with Crippen LogP contribution in [0.4, 0.5) is 0 Å². The molecule has 152 valence electrons. The number of hydrogen-bond acceptors (Lipinski definition) is 4. The molecule has 1 fully saturated rings. The molecule has 3 rings (SSSR count). The van der Waals surface area contributed by atoms with Crippen LogP contribution in [0, 0.1) is 6.92 Å². The monoisotopic (exact) mass is 513 g/mol. The topological polar surface area (TPSA) is 69.6 Å².